The number of thiazole rings is 1. The van der Waals surface area contributed by atoms with Gasteiger partial charge >= 0.3 is 0 Å². The van der Waals surface area contributed by atoms with Crippen LogP contribution in [0.5, 0.6) is 0 Å². The fourth-order valence-corrected chi connectivity index (χ4v) is 3.14. The molecule has 0 aromatic carbocycles. The normalized spacial score (nSPS) is 11.2. The van der Waals surface area contributed by atoms with Gasteiger partial charge in [0.05, 0.1) is 20.0 Å². The van der Waals surface area contributed by atoms with Gasteiger partial charge in [-0.2, -0.15) is 0 Å². The predicted molar refractivity (Wildman–Crippen MR) is 81.3 cm³/mol. The zero-order valence-electron chi connectivity index (χ0n) is 10.5. The van der Waals surface area contributed by atoms with Crippen molar-refractivity contribution >= 4 is 33.9 Å². The van der Waals surface area contributed by atoms with E-state index in [1.165, 1.54) is 0 Å². The van der Waals surface area contributed by atoms with E-state index in [9.17, 15) is 4.79 Å². The summed E-state index contributed by atoms with van der Waals surface area (Å²) < 4.78 is 0.681. The van der Waals surface area contributed by atoms with E-state index < -0.39 is 0 Å². The van der Waals surface area contributed by atoms with E-state index in [2.05, 4.69) is 37.5 Å². The molecule has 18 heavy (non-hydrogen) atoms. The molecule has 0 saturated carbocycles. The van der Waals surface area contributed by atoms with Gasteiger partial charge in [-0.15, -0.1) is 11.3 Å². The van der Waals surface area contributed by atoms with Gasteiger partial charge in [0.15, 0.2) is 0 Å². The fourth-order valence-electron chi connectivity index (χ4n) is 1.65. The molecule has 0 saturated heterocycles. The van der Waals surface area contributed by atoms with Crippen molar-refractivity contribution in [2.75, 3.05) is 0 Å². The van der Waals surface area contributed by atoms with Crippen molar-refractivity contribution in [2.45, 2.75) is 33.1 Å². The summed E-state index contributed by atoms with van der Waals surface area (Å²) in [5.41, 5.74) is 1.76. The van der Waals surface area contributed by atoms with Crippen molar-refractivity contribution in [1.29, 1.82) is 0 Å². The molecule has 0 fully saturated rings. The monoisotopic (exact) mass is 375 g/mol. The SMILES string of the molecule is Cc1nc(Cc2nc(C(C)C)c(I)c(=O)[nH]2)cs1. The first-order valence-electron chi connectivity index (χ1n) is 5.67. The van der Waals surface area contributed by atoms with Gasteiger partial charge in [0.1, 0.15) is 5.82 Å². The minimum Gasteiger partial charge on any atom is -0.309 e. The zero-order valence-corrected chi connectivity index (χ0v) is 13.4. The molecule has 96 valence electrons. The Balaban J connectivity index is 2.37. The maximum absolute atomic E-state index is 11.8. The Kier molecular flexibility index (Phi) is 4.16. The molecule has 2 rings (SSSR count). The number of hydrogen-bond acceptors (Lipinski definition) is 4. The molecular weight excluding hydrogens is 361 g/mol. The highest BCUT2D eigenvalue weighted by Crippen LogP contribution is 2.17. The Morgan fingerprint density at radius 2 is 2.17 bits per heavy atom. The lowest BCUT2D eigenvalue weighted by Crippen LogP contribution is -2.19. The quantitative estimate of drug-likeness (QED) is 0.840. The van der Waals surface area contributed by atoms with E-state index in [-0.39, 0.29) is 11.5 Å². The topological polar surface area (TPSA) is 58.6 Å². The maximum atomic E-state index is 11.8. The summed E-state index contributed by atoms with van der Waals surface area (Å²) in [6.45, 7) is 6.05. The molecule has 0 unspecified atom stereocenters. The Morgan fingerprint density at radius 1 is 1.44 bits per heavy atom. The maximum Gasteiger partial charge on any atom is 0.264 e. The summed E-state index contributed by atoms with van der Waals surface area (Å²) >= 11 is 3.66. The van der Waals surface area contributed by atoms with E-state index in [0.717, 1.165) is 16.4 Å². The Labute approximate surface area is 123 Å². The molecule has 0 aliphatic carbocycles. The number of aromatic amines is 1. The first-order valence-corrected chi connectivity index (χ1v) is 7.62. The average molecular weight is 375 g/mol. The molecule has 0 aliphatic heterocycles. The summed E-state index contributed by atoms with van der Waals surface area (Å²) in [6.07, 6.45) is 0.580. The number of halogens is 1. The van der Waals surface area contributed by atoms with Crippen molar-refractivity contribution < 1.29 is 0 Å². The van der Waals surface area contributed by atoms with Crippen molar-refractivity contribution in [3.05, 3.63) is 41.5 Å². The van der Waals surface area contributed by atoms with E-state index in [1.54, 1.807) is 11.3 Å². The van der Waals surface area contributed by atoms with Gasteiger partial charge in [0, 0.05) is 11.8 Å². The smallest absolute Gasteiger partial charge is 0.264 e. The Morgan fingerprint density at radius 3 is 2.72 bits per heavy atom. The molecule has 1 N–H and O–H groups in total. The average Bonchev–Trinajstić information content (AvgIpc) is 2.68. The minimum absolute atomic E-state index is 0.0590. The fraction of sp³-hybridized carbons (Fsp3) is 0.417. The highest BCUT2D eigenvalue weighted by Gasteiger charge is 2.13. The number of aromatic nitrogens is 3. The molecule has 2 heterocycles. The molecule has 0 atom stereocenters. The predicted octanol–water partition coefficient (Wildman–Crippen LogP) is 2.85. The third-order valence-corrected chi connectivity index (χ3v) is 4.36. The van der Waals surface area contributed by atoms with Crippen LogP contribution in [-0.2, 0) is 6.42 Å². The molecular formula is C12H14IN3OS. The van der Waals surface area contributed by atoms with Crippen molar-refractivity contribution in [2.24, 2.45) is 0 Å². The minimum atomic E-state index is -0.0590. The van der Waals surface area contributed by atoms with E-state index in [4.69, 9.17) is 0 Å². The van der Waals surface area contributed by atoms with Crippen LogP contribution in [0.1, 0.15) is 42.0 Å². The largest absolute Gasteiger partial charge is 0.309 e. The number of hydrogen-bond donors (Lipinski definition) is 1. The lowest BCUT2D eigenvalue weighted by atomic mass is 10.1. The van der Waals surface area contributed by atoms with E-state index in [1.807, 2.05) is 26.2 Å². The first-order chi connectivity index (χ1) is 8.47. The van der Waals surface area contributed by atoms with Gasteiger partial charge in [-0.1, -0.05) is 13.8 Å². The molecule has 6 heteroatoms. The van der Waals surface area contributed by atoms with Crippen LogP contribution in [-0.4, -0.2) is 15.0 Å². The molecule has 0 aliphatic rings. The van der Waals surface area contributed by atoms with Crippen LogP contribution in [0.25, 0.3) is 0 Å². The van der Waals surface area contributed by atoms with Crippen molar-refractivity contribution in [3.63, 3.8) is 0 Å². The van der Waals surface area contributed by atoms with Crippen LogP contribution in [0.4, 0.5) is 0 Å². The number of H-pyrrole nitrogens is 1. The van der Waals surface area contributed by atoms with Gasteiger partial charge in [-0.25, -0.2) is 9.97 Å². The zero-order chi connectivity index (χ0) is 13.3. The van der Waals surface area contributed by atoms with Crippen molar-refractivity contribution in [3.8, 4) is 0 Å². The van der Waals surface area contributed by atoms with E-state index >= 15 is 0 Å². The molecule has 2 aromatic heterocycles. The van der Waals surface area contributed by atoms with Crippen LogP contribution < -0.4 is 5.56 Å². The van der Waals surface area contributed by atoms with Crippen LogP contribution in [0.15, 0.2) is 10.2 Å². The first kappa shape index (κ1) is 13.7. The molecule has 0 bridgehead atoms. The van der Waals surface area contributed by atoms with Gasteiger partial charge in [0.2, 0.25) is 0 Å². The number of rotatable bonds is 3. The van der Waals surface area contributed by atoms with Crippen LogP contribution in [0.3, 0.4) is 0 Å². The summed E-state index contributed by atoms with van der Waals surface area (Å²) in [5, 5.41) is 3.03. The number of nitrogens with one attached hydrogen (secondary N) is 1. The number of aryl methyl sites for hydroxylation is 1. The lowest BCUT2D eigenvalue weighted by Gasteiger charge is -2.08. The Bertz CT molecular complexity index is 618. The summed E-state index contributed by atoms with van der Waals surface area (Å²) in [7, 11) is 0. The Hall–Kier alpha value is -0.760. The second-order valence-corrected chi connectivity index (χ2v) is 6.54. The third-order valence-electron chi connectivity index (χ3n) is 2.50. The second kappa shape index (κ2) is 5.48. The summed E-state index contributed by atoms with van der Waals surface area (Å²) in [4.78, 5) is 23.6. The van der Waals surface area contributed by atoms with E-state index in [0.29, 0.717) is 15.8 Å². The van der Waals surface area contributed by atoms with Gasteiger partial charge in [-0.05, 0) is 35.4 Å². The van der Waals surface area contributed by atoms with Crippen molar-refractivity contribution in [1.82, 2.24) is 15.0 Å². The molecule has 2 aromatic rings. The summed E-state index contributed by atoms with van der Waals surface area (Å²) in [5.74, 6) is 0.935. The molecule has 0 spiro atoms. The van der Waals surface area contributed by atoms with Crippen LogP contribution >= 0.6 is 33.9 Å². The van der Waals surface area contributed by atoms with Crippen LogP contribution in [0.2, 0.25) is 0 Å². The van der Waals surface area contributed by atoms with Gasteiger partial charge in [-0.3, -0.25) is 4.79 Å². The third kappa shape index (κ3) is 2.97. The highest BCUT2D eigenvalue weighted by atomic mass is 127. The number of nitrogens with zero attached hydrogens (tertiary/aromatic N) is 2. The van der Waals surface area contributed by atoms with Gasteiger partial charge in [0.25, 0.3) is 5.56 Å². The standard InChI is InChI=1S/C12H14IN3OS/c1-6(2)11-10(13)12(17)16-9(15-11)4-8-5-18-7(3)14-8/h5-6H,4H2,1-3H3,(H,15,16,17). The summed E-state index contributed by atoms with van der Waals surface area (Å²) in [6, 6.07) is 0. The van der Waals surface area contributed by atoms with Crippen LogP contribution in [0, 0.1) is 10.5 Å². The molecule has 0 amide bonds. The second-order valence-electron chi connectivity index (χ2n) is 4.40. The lowest BCUT2D eigenvalue weighted by molar-refractivity contribution is 0.772. The molecule has 0 radical (unpaired) electrons. The van der Waals surface area contributed by atoms with Gasteiger partial charge < -0.3 is 4.98 Å². The highest BCUT2D eigenvalue weighted by molar-refractivity contribution is 14.1. The molecule has 4 nitrogen and oxygen atoms in total.